The van der Waals surface area contributed by atoms with Crippen molar-refractivity contribution in [2.75, 3.05) is 0 Å². The normalized spacial score (nSPS) is 11.2. The molecule has 4 heteroatoms. The SMILES string of the molecule is Cc1ccc(CN=Cc2c(CO)cnc(C)c2O)cc1. The molecule has 0 saturated heterocycles. The summed E-state index contributed by atoms with van der Waals surface area (Å²) in [6.07, 6.45) is 3.15. The van der Waals surface area contributed by atoms with Crippen molar-refractivity contribution in [3.8, 4) is 5.75 Å². The Morgan fingerprint density at radius 1 is 1.20 bits per heavy atom. The second kappa shape index (κ2) is 6.30. The first-order valence-electron chi connectivity index (χ1n) is 6.45. The van der Waals surface area contributed by atoms with Gasteiger partial charge in [0.15, 0.2) is 0 Å². The quantitative estimate of drug-likeness (QED) is 0.839. The zero-order valence-corrected chi connectivity index (χ0v) is 11.7. The summed E-state index contributed by atoms with van der Waals surface area (Å²) in [7, 11) is 0. The molecule has 0 amide bonds. The Balaban J connectivity index is 2.19. The number of aromatic nitrogens is 1. The predicted molar refractivity (Wildman–Crippen MR) is 79.0 cm³/mol. The van der Waals surface area contributed by atoms with Gasteiger partial charge in [0.2, 0.25) is 0 Å². The van der Waals surface area contributed by atoms with E-state index in [-0.39, 0.29) is 12.4 Å². The molecule has 0 aliphatic carbocycles. The molecule has 0 atom stereocenters. The van der Waals surface area contributed by atoms with E-state index in [0.29, 0.717) is 23.4 Å². The number of aliphatic imine (C=N–C) groups is 1. The van der Waals surface area contributed by atoms with Crippen molar-refractivity contribution in [2.24, 2.45) is 4.99 Å². The van der Waals surface area contributed by atoms with Gasteiger partial charge >= 0.3 is 0 Å². The summed E-state index contributed by atoms with van der Waals surface area (Å²) >= 11 is 0. The van der Waals surface area contributed by atoms with Crippen molar-refractivity contribution in [3.63, 3.8) is 0 Å². The molecule has 4 nitrogen and oxygen atoms in total. The van der Waals surface area contributed by atoms with Crippen LogP contribution in [0.1, 0.15) is 27.9 Å². The Morgan fingerprint density at radius 3 is 2.55 bits per heavy atom. The highest BCUT2D eigenvalue weighted by atomic mass is 16.3. The standard InChI is InChI=1S/C16H18N2O2/c1-11-3-5-13(6-4-11)7-17-9-15-14(10-19)8-18-12(2)16(15)20/h3-6,8-9,19-20H,7,10H2,1-2H3. The van der Waals surface area contributed by atoms with Crippen LogP contribution in [0.5, 0.6) is 5.75 Å². The topological polar surface area (TPSA) is 65.7 Å². The molecule has 104 valence electrons. The van der Waals surface area contributed by atoms with Gasteiger partial charge < -0.3 is 10.2 Å². The Hall–Kier alpha value is -2.20. The number of aliphatic hydroxyl groups is 1. The molecule has 2 aromatic rings. The first-order valence-corrected chi connectivity index (χ1v) is 6.45. The van der Waals surface area contributed by atoms with Gasteiger partial charge in [-0.05, 0) is 19.4 Å². The lowest BCUT2D eigenvalue weighted by Crippen LogP contribution is -1.98. The third-order valence-corrected chi connectivity index (χ3v) is 3.14. The van der Waals surface area contributed by atoms with E-state index in [1.54, 1.807) is 19.3 Å². The molecule has 1 aromatic heterocycles. The van der Waals surface area contributed by atoms with Crippen molar-refractivity contribution < 1.29 is 10.2 Å². The number of aliphatic hydroxyl groups excluding tert-OH is 1. The van der Waals surface area contributed by atoms with Crippen molar-refractivity contribution >= 4 is 6.21 Å². The molecular formula is C16H18N2O2. The molecule has 2 rings (SSSR count). The van der Waals surface area contributed by atoms with E-state index in [2.05, 4.69) is 9.98 Å². The number of rotatable bonds is 4. The minimum absolute atomic E-state index is 0.0733. The number of nitrogens with zero attached hydrogens (tertiary/aromatic N) is 2. The van der Waals surface area contributed by atoms with Gasteiger partial charge in [-0.1, -0.05) is 29.8 Å². The van der Waals surface area contributed by atoms with Crippen LogP contribution >= 0.6 is 0 Å². The number of aryl methyl sites for hydroxylation is 2. The summed E-state index contributed by atoms with van der Waals surface area (Å²) in [5.41, 5.74) is 3.94. The minimum atomic E-state index is -0.174. The van der Waals surface area contributed by atoms with E-state index in [9.17, 15) is 10.2 Å². The number of hydrogen-bond donors (Lipinski definition) is 2. The molecule has 0 bridgehead atoms. The van der Waals surface area contributed by atoms with Crippen molar-refractivity contribution in [1.82, 2.24) is 4.98 Å². The van der Waals surface area contributed by atoms with Gasteiger partial charge in [-0.2, -0.15) is 0 Å². The molecule has 2 N–H and O–H groups in total. The Kier molecular flexibility index (Phi) is 4.48. The Labute approximate surface area is 118 Å². The van der Waals surface area contributed by atoms with Crippen LogP contribution in [0.15, 0.2) is 35.5 Å². The molecule has 0 aliphatic heterocycles. The van der Waals surface area contributed by atoms with Gasteiger partial charge in [0.05, 0.1) is 18.8 Å². The highest BCUT2D eigenvalue weighted by Crippen LogP contribution is 2.22. The third kappa shape index (κ3) is 3.22. The van der Waals surface area contributed by atoms with Crippen LogP contribution < -0.4 is 0 Å². The maximum atomic E-state index is 9.98. The number of benzene rings is 1. The van der Waals surface area contributed by atoms with Crippen LogP contribution in [0, 0.1) is 13.8 Å². The lowest BCUT2D eigenvalue weighted by atomic mass is 10.1. The maximum absolute atomic E-state index is 9.98. The molecule has 1 aromatic carbocycles. The van der Waals surface area contributed by atoms with Crippen LogP contribution in [0.3, 0.4) is 0 Å². The maximum Gasteiger partial charge on any atom is 0.145 e. The molecule has 1 heterocycles. The number of aromatic hydroxyl groups is 1. The van der Waals surface area contributed by atoms with Crippen molar-refractivity contribution in [2.45, 2.75) is 27.0 Å². The molecule has 0 saturated carbocycles. The van der Waals surface area contributed by atoms with E-state index in [1.165, 1.54) is 5.56 Å². The molecule has 0 fully saturated rings. The summed E-state index contributed by atoms with van der Waals surface area (Å²) in [6, 6.07) is 8.13. The zero-order chi connectivity index (χ0) is 14.5. The van der Waals surface area contributed by atoms with Gasteiger partial charge in [-0.3, -0.25) is 9.98 Å². The molecule has 0 spiro atoms. The number of hydrogen-bond acceptors (Lipinski definition) is 4. The Morgan fingerprint density at radius 2 is 1.90 bits per heavy atom. The zero-order valence-electron chi connectivity index (χ0n) is 11.7. The average Bonchev–Trinajstić information content (AvgIpc) is 2.46. The minimum Gasteiger partial charge on any atom is -0.505 e. The van der Waals surface area contributed by atoms with E-state index >= 15 is 0 Å². The van der Waals surface area contributed by atoms with Gasteiger partial charge in [0.25, 0.3) is 0 Å². The number of pyridine rings is 1. The van der Waals surface area contributed by atoms with Crippen LogP contribution in [-0.2, 0) is 13.2 Å². The highest BCUT2D eigenvalue weighted by Gasteiger charge is 2.08. The second-order valence-electron chi connectivity index (χ2n) is 4.74. The first-order chi connectivity index (χ1) is 9.61. The molecule has 0 unspecified atom stereocenters. The lowest BCUT2D eigenvalue weighted by molar-refractivity contribution is 0.280. The third-order valence-electron chi connectivity index (χ3n) is 3.14. The van der Waals surface area contributed by atoms with Crippen molar-refractivity contribution in [1.29, 1.82) is 0 Å². The highest BCUT2D eigenvalue weighted by molar-refractivity contribution is 5.85. The fourth-order valence-corrected chi connectivity index (χ4v) is 1.86. The van der Waals surface area contributed by atoms with Crippen LogP contribution in [0.4, 0.5) is 0 Å². The summed E-state index contributed by atoms with van der Waals surface area (Å²) in [6.45, 7) is 4.12. The average molecular weight is 270 g/mol. The van der Waals surface area contributed by atoms with Crippen LogP contribution in [-0.4, -0.2) is 21.4 Å². The van der Waals surface area contributed by atoms with Gasteiger partial charge in [0.1, 0.15) is 5.75 Å². The van der Waals surface area contributed by atoms with Crippen LogP contribution in [0.25, 0.3) is 0 Å². The van der Waals surface area contributed by atoms with Gasteiger partial charge in [-0.15, -0.1) is 0 Å². The molecule has 0 radical (unpaired) electrons. The predicted octanol–water partition coefficient (Wildman–Crippen LogP) is 2.52. The summed E-state index contributed by atoms with van der Waals surface area (Å²) in [4.78, 5) is 8.34. The largest absolute Gasteiger partial charge is 0.505 e. The molecule has 0 aliphatic rings. The van der Waals surface area contributed by atoms with Gasteiger partial charge in [-0.25, -0.2) is 0 Å². The van der Waals surface area contributed by atoms with E-state index < -0.39 is 0 Å². The Bertz CT molecular complexity index is 619. The summed E-state index contributed by atoms with van der Waals surface area (Å²) in [5, 5.41) is 19.2. The molecule has 20 heavy (non-hydrogen) atoms. The second-order valence-corrected chi connectivity index (χ2v) is 4.74. The fraction of sp³-hybridized carbons (Fsp3) is 0.250. The van der Waals surface area contributed by atoms with Crippen LogP contribution in [0.2, 0.25) is 0 Å². The monoisotopic (exact) mass is 270 g/mol. The fourth-order valence-electron chi connectivity index (χ4n) is 1.86. The van der Waals surface area contributed by atoms with E-state index in [1.807, 2.05) is 31.2 Å². The smallest absolute Gasteiger partial charge is 0.145 e. The van der Waals surface area contributed by atoms with Gasteiger partial charge in [0, 0.05) is 23.5 Å². The lowest BCUT2D eigenvalue weighted by Gasteiger charge is -2.07. The summed E-state index contributed by atoms with van der Waals surface area (Å²) < 4.78 is 0. The van der Waals surface area contributed by atoms with E-state index in [4.69, 9.17) is 0 Å². The van der Waals surface area contributed by atoms with Crippen molar-refractivity contribution in [3.05, 3.63) is 58.4 Å². The summed E-state index contributed by atoms with van der Waals surface area (Å²) in [5.74, 6) is 0.0733. The molecular weight excluding hydrogens is 252 g/mol. The van der Waals surface area contributed by atoms with E-state index in [0.717, 1.165) is 5.56 Å². The first kappa shape index (κ1) is 14.2.